The minimum Gasteiger partial charge on any atom is -0.306 e. The Morgan fingerprint density at radius 2 is 2.06 bits per heavy atom. The summed E-state index contributed by atoms with van der Waals surface area (Å²) in [6.07, 6.45) is 1.08. The molecule has 0 amide bonds. The molecule has 1 nitrogen and oxygen atoms in total. The Hall–Kier alpha value is -0.640. The van der Waals surface area contributed by atoms with Gasteiger partial charge in [0, 0.05) is 4.88 Å². The lowest BCUT2D eigenvalue weighted by Crippen LogP contribution is -2.21. The van der Waals surface area contributed by atoms with Crippen molar-refractivity contribution in [2.75, 3.05) is 6.54 Å². The van der Waals surface area contributed by atoms with Gasteiger partial charge in [0.1, 0.15) is 0 Å². The Labute approximate surface area is 121 Å². The first-order valence-corrected chi connectivity index (χ1v) is 7.93. The zero-order chi connectivity index (χ0) is 13.0. The molecule has 1 aromatic heterocycles. The zero-order valence-corrected chi connectivity index (χ0v) is 13.1. The smallest absolute Gasteiger partial charge is 0.0702 e. The third-order valence-corrected chi connectivity index (χ3v) is 4.67. The number of aryl methyl sites for hydroxylation is 1. The molecule has 0 bridgehead atoms. The molecule has 1 heterocycles. The van der Waals surface area contributed by atoms with E-state index < -0.39 is 0 Å². The van der Waals surface area contributed by atoms with Crippen LogP contribution in [0.5, 0.6) is 0 Å². The summed E-state index contributed by atoms with van der Waals surface area (Å²) >= 11 is 5.34. The minimum absolute atomic E-state index is 0.304. The third kappa shape index (κ3) is 3.22. The number of hydrogen-bond donors (Lipinski definition) is 1. The van der Waals surface area contributed by atoms with Crippen molar-refractivity contribution in [2.45, 2.75) is 26.3 Å². The average Bonchev–Trinajstić information content (AvgIpc) is 2.82. The predicted molar refractivity (Wildman–Crippen MR) is 83.4 cm³/mol. The van der Waals surface area contributed by atoms with Crippen LogP contribution in [0.3, 0.4) is 0 Å². The van der Waals surface area contributed by atoms with E-state index in [1.807, 2.05) is 0 Å². The fraction of sp³-hybridized carbons (Fsp3) is 0.333. The second-order valence-electron chi connectivity index (χ2n) is 4.23. The van der Waals surface area contributed by atoms with E-state index in [1.54, 1.807) is 11.3 Å². The van der Waals surface area contributed by atoms with Crippen molar-refractivity contribution in [3.8, 4) is 0 Å². The van der Waals surface area contributed by atoms with E-state index in [0.29, 0.717) is 6.04 Å². The first kappa shape index (κ1) is 13.8. The van der Waals surface area contributed by atoms with Crippen molar-refractivity contribution < 1.29 is 0 Å². The first-order valence-electron chi connectivity index (χ1n) is 6.32. The van der Waals surface area contributed by atoms with Crippen molar-refractivity contribution in [3.63, 3.8) is 0 Å². The number of benzene rings is 1. The molecule has 18 heavy (non-hydrogen) atoms. The normalized spacial score (nSPS) is 12.6. The summed E-state index contributed by atoms with van der Waals surface area (Å²) < 4.78 is 1.19. The minimum atomic E-state index is 0.304. The number of thiophene rings is 1. The van der Waals surface area contributed by atoms with Gasteiger partial charge in [0.25, 0.3) is 0 Å². The standard InChI is InChI=1S/C15H18BrNS/c1-3-11-6-5-7-12(10-11)15(17-4-2)13-8-9-14(16)18-13/h5-10,15,17H,3-4H2,1-2H3. The van der Waals surface area contributed by atoms with E-state index in [1.165, 1.54) is 19.8 Å². The molecule has 1 unspecified atom stereocenters. The van der Waals surface area contributed by atoms with Crippen LogP contribution in [0.4, 0.5) is 0 Å². The van der Waals surface area contributed by atoms with Crippen LogP contribution in [0.15, 0.2) is 40.2 Å². The topological polar surface area (TPSA) is 12.0 Å². The van der Waals surface area contributed by atoms with Gasteiger partial charge in [-0.3, -0.25) is 0 Å². The third-order valence-electron chi connectivity index (χ3n) is 2.98. The highest BCUT2D eigenvalue weighted by Gasteiger charge is 2.15. The molecule has 0 spiro atoms. The summed E-state index contributed by atoms with van der Waals surface area (Å²) in [6, 6.07) is 13.5. The Bertz CT molecular complexity index is 507. The summed E-state index contributed by atoms with van der Waals surface area (Å²) in [6.45, 7) is 5.32. The van der Waals surface area contributed by atoms with E-state index in [2.05, 4.69) is 71.5 Å². The van der Waals surface area contributed by atoms with Gasteiger partial charge in [-0.1, -0.05) is 38.1 Å². The maximum absolute atomic E-state index is 3.57. The van der Waals surface area contributed by atoms with Crippen LogP contribution in [0.1, 0.15) is 35.9 Å². The van der Waals surface area contributed by atoms with Crippen LogP contribution in [-0.4, -0.2) is 6.54 Å². The quantitative estimate of drug-likeness (QED) is 0.835. The monoisotopic (exact) mass is 323 g/mol. The molecule has 0 saturated heterocycles. The molecule has 1 aromatic carbocycles. The molecule has 0 aliphatic heterocycles. The van der Waals surface area contributed by atoms with E-state index in [9.17, 15) is 0 Å². The summed E-state index contributed by atoms with van der Waals surface area (Å²) in [5.41, 5.74) is 2.75. The predicted octanol–water partition coefficient (Wildman–Crippen LogP) is 4.77. The molecule has 1 atom stereocenters. The van der Waals surface area contributed by atoms with Crippen LogP contribution >= 0.6 is 27.3 Å². The van der Waals surface area contributed by atoms with E-state index in [0.717, 1.165) is 13.0 Å². The van der Waals surface area contributed by atoms with Crippen molar-refractivity contribution in [3.05, 3.63) is 56.2 Å². The fourth-order valence-corrected chi connectivity index (χ4v) is 3.59. The Balaban J connectivity index is 2.34. The van der Waals surface area contributed by atoms with Crippen LogP contribution in [0.25, 0.3) is 0 Å². The Morgan fingerprint density at radius 1 is 1.22 bits per heavy atom. The zero-order valence-electron chi connectivity index (χ0n) is 10.7. The summed E-state index contributed by atoms with van der Waals surface area (Å²) in [7, 11) is 0. The highest BCUT2D eigenvalue weighted by Crippen LogP contribution is 2.31. The molecule has 96 valence electrons. The van der Waals surface area contributed by atoms with Crippen molar-refractivity contribution >= 4 is 27.3 Å². The van der Waals surface area contributed by atoms with E-state index in [-0.39, 0.29) is 0 Å². The molecule has 0 aliphatic carbocycles. The lowest BCUT2D eigenvalue weighted by atomic mass is 10.0. The lowest BCUT2D eigenvalue weighted by molar-refractivity contribution is 0.639. The highest BCUT2D eigenvalue weighted by atomic mass is 79.9. The molecule has 0 saturated carbocycles. The van der Waals surface area contributed by atoms with Gasteiger partial charge in [-0.2, -0.15) is 0 Å². The van der Waals surface area contributed by atoms with Crippen LogP contribution < -0.4 is 5.32 Å². The molecule has 3 heteroatoms. The summed E-state index contributed by atoms with van der Waals surface area (Å²) in [5.74, 6) is 0. The van der Waals surface area contributed by atoms with Gasteiger partial charge in [-0.25, -0.2) is 0 Å². The largest absolute Gasteiger partial charge is 0.306 e. The molecule has 2 aromatic rings. The SMILES string of the molecule is CCNC(c1cccc(CC)c1)c1ccc(Br)s1. The molecule has 1 N–H and O–H groups in total. The number of nitrogens with one attached hydrogen (secondary N) is 1. The lowest BCUT2D eigenvalue weighted by Gasteiger charge is -2.17. The van der Waals surface area contributed by atoms with E-state index in [4.69, 9.17) is 0 Å². The van der Waals surface area contributed by atoms with Gasteiger partial charge in [0.05, 0.1) is 9.83 Å². The first-order chi connectivity index (χ1) is 8.74. The van der Waals surface area contributed by atoms with Crippen molar-refractivity contribution in [2.24, 2.45) is 0 Å². The second kappa shape index (κ2) is 6.50. The van der Waals surface area contributed by atoms with Gasteiger partial charge in [0.2, 0.25) is 0 Å². The number of rotatable bonds is 5. The number of halogens is 1. The summed E-state index contributed by atoms with van der Waals surface area (Å²) in [5, 5.41) is 3.57. The molecular weight excluding hydrogens is 306 g/mol. The Morgan fingerprint density at radius 3 is 2.67 bits per heavy atom. The highest BCUT2D eigenvalue weighted by molar-refractivity contribution is 9.11. The molecule has 0 fully saturated rings. The van der Waals surface area contributed by atoms with Gasteiger partial charge in [0.15, 0.2) is 0 Å². The fourth-order valence-electron chi connectivity index (χ4n) is 2.06. The summed E-state index contributed by atoms with van der Waals surface area (Å²) in [4.78, 5) is 1.36. The molecular formula is C15H18BrNS. The Kier molecular flexibility index (Phi) is 4.98. The maximum atomic E-state index is 3.57. The molecule has 2 rings (SSSR count). The maximum Gasteiger partial charge on any atom is 0.0702 e. The van der Waals surface area contributed by atoms with Crippen molar-refractivity contribution in [1.82, 2.24) is 5.32 Å². The van der Waals surface area contributed by atoms with Crippen LogP contribution in [0.2, 0.25) is 0 Å². The van der Waals surface area contributed by atoms with Crippen LogP contribution in [-0.2, 0) is 6.42 Å². The number of hydrogen-bond acceptors (Lipinski definition) is 2. The van der Waals surface area contributed by atoms with Crippen molar-refractivity contribution in [1.29, 1.82) is 0 Å². The molecule has 0 aliphatic rings. The van der Waals surface area contributed by atoms with Gasteiger partial charge in [-0.15, -0.1) is 11.3 Å². The second-order valence-corrected chi connectivity index (χ2v) is 6.73. The molecule has 0 radical (unpaired) electrons. The van der Waals surface area contributed by atoms with Gasteiger partial charge < -0.3 is 5.32 Å². The van der Waals surface area contributed by atoms with Gasteiger partial charge >= 0.3 is 0 Å². The van der Waals surface area contributed by atoms with Gasteiger partial charge in [-0.05, 0) is 52.2 Å². The van der Waals surface area contributed by atoms with E-state index >= 15 is 0 Å². The van der Waals surface area contributed by atoms with Crippen LogP contribution in [0, 0.1) is 0 Å². The average molecular weight is 324 g/mol.